The second-order valence-corrected chi connectivity index (χ2v) is 5.55. The lowest BCUT2D eigenvalue weighted by Gasteiger charge is -2.39. The highest BCUT2D eigenvalue weighted by Crippen LogP contribution is 2.26. The fraction of sp³-hybridized carbons (Fsp3) is 0.846. The summed E-state index contributed by atoms with van der Waals surface area (Å²) in [6, 6.07) is -0.640. The molecule has 1 aliphatic heterocycles. The number of piperidine rings is 1. The van der Waals surface area contributed by atoms with Crippen LogP contribution in [-0.4, -0.2) is 49.1 Å². The largest absolute Gasteiger partial charge is 0.467 e. The van der Waals surface area contributed by atoms with Gasteiger partial charge in [0.1, 0.15) is 17.9 Å². The molecule has 0 aromatic rings. The van der Waals surface area contributed by atoms with E-state index in [1.807, 2.05) is 0 Å². The van der Waals surface area contributed by atoms with Gasteiger partial charge in [0.15, 0.2) is 0 Å². The zero-order valence-corrected chi connectivity index (χ0v) is 12.3. The van der Waals surface area contributed by atoms with E-state index >= 15 is 0 Å². The average molecular weight is 273 g/mol. The van der Waals surface area contributed by atoms with E-state index in [2.05, 4.69) is 0 Å². The molecule has 1 aliphatic rings. The SMILES string of the molecule is COC(=O)[C@@H]1CCCC(OC)N1C(=O)OC(C)(C)C. The molecule has 1 fully saturated rings. The minimum Gasteiger partial charge on any atom is -0.467 e. The molecule has 0 aromatic heterocycles. The van der Waals surface area contributed by atoms with E-state index in [4.69, 9.17) is 14.2 Å². The van der Waals surface area contributed by atoms with Crippen LogP contribution in [0.2, 0.25) is 0 Å². The van der Waals surface area contributed by atoms with Gasteiger partial charge in [0.25, 0.3) is 0 Å². The number of carbonyl (C=O) groups excluding carboxylic acids is 2. The molecule has 110 valence electrons. The lowest BCUT2D eigenvalue weighted by atomic mass is 10.0. The highest BCUT2D eigenvalue weighted by Gasteiger charge is 2.41. The summed E-state index contributed by atoms with van der Waals surface area (Å²) in [7, 11) is 2.83. The third-order valence-corrected chi connectivity index (χ3v) is 2.92. The number of hydrogen-bond acceptors (Lipinski definition) is 5. The Hall–Kier alpha value is -1.30. The van der Waals surface area contributed by atoms with Gasteiger partial charge in [0.05, 0.1) is 7.11 Å². The highest BCUT2D eigenvalue weighted by atomic mass is 16.6. The Balaban J connectivity index is 2.91. The van der Waals surface area contributed by atoms with E-state index < -0.39 is 29.9 Å². The smallest absolute Gasteiger partial charge is 0.413 e. The summed E-state index contributed by atoms with van der Waals surface area (Å²) in [5, 5.41) is 0. The number of ether oxygens (including phenoxy) is 3. The molecule has 1 amide bonds. The number of methoxy groups -OCH3 is 2. The van der Waals surface area contributed by atoms with Crippen LogP contribution in [0.15, 0.2) is 0 Å². The molecule has 1 heterocycles. The molecule has 0 bridgehead atoms. The molecule has 0 aliphatic carbocycles. The minimum absolute atomic E-state index is 0.437. The van der Waals surface area contributed by atoms with Gasteiger partial charge in [-0.3, -0.25) is 4.90 Å². The van der Waals surface area contributed by atoms with E-state index in [1.54, 1.807) is 20.8 Å². The molecular formula is C13H23NO5. The standard InChI is InChI=1S/C13H23NO5/c1-13(2,3)19-12(16)14-9(11(15)18-5)7-6-8-10(14)17-4/h9-10H,6-8H2,1-5H3/t9-,10?/m0/s1. The summed E-state index contributed by atoms with van der Waals surface area (Å²) in [4.78, 5) is 25.4. The van der Waals surface area contributed by atoms with E-state index in [0.29, 0.717) is 12.8 Å². The quantitative estimate of drug-likeness (QED) is 0.719. The van der Waals surface area contributed by atoms with Crippen molar-refractivity contribution in [2.75, 3.05) is 14.2 Å². The first kappa shape index (κ1) is 15.8. The maximum atomic E-state index is 12.2. The maximum Gasteiger partial charge on any atom is 0.413 e. The van der Waals surface area contributed by atoms with Crippen LogP contribution in [0.4, 0.5) is 4.79 Å². The summed E-state index contributed by atoms with van der Waals surface area (Å²) in [5.41, 5.74) is -0.618. The molecule has 1 unspecified atom stereocenters. The zero-order chi connectivity index (χ0) is 14.6. The van der Waals surface area contributed by atoms with Crippen molar-refractivity contribution in [3.05, 3.63) is 0 Å². The lowest BCUT2D eigenvalue weighted by Crippen LogP contribution is -2.55. The van der Waals surface area contributed by atoms with Crippen molar-refractivity contribution in [2.24, 2.45) is 0 Å². The third kappa shape index (κ3) is 4.09. The van der Waals surface area contributed by atoms with Gasteiger partial charge in [0.2, 0.25) is 0 Å². The van der Waals surface area contributed by atoms with Crippen LogP contribution < -0.4 is 0 Å². The Kier molecular flexibility index (Phi) is 5.17. The van der Waals surface area contributed by atoms with Crippen LogP contribution >= 0.6 is 0 Å². The molecular weight excluding hydrogens is 250 g/mol. The van der Waals surface area contributed by atoms with Crippen molar-refractivity contribution in [1.29, 1.82) is 0 Å². The Morgan fingerprint density at radius 1 is 1.16 bits per heavy atom. The van der Waals surface area contributed by atoms with Crippen LogP contribution in [0, 0.1) is 0 Å². The Morgan fingerprint density at radius 3 is 2.26 bits per heavy atom. The van der Waals surface area contributed by atoms with E-state index in [-0.39, 0.29) is 0 Å². The van der Waals surface area contributed by atoms with Crippen molar-refractivity contribution in [2.45, 2.75) is 57.9 Å². The molecule has 1 saturated heterocycles. The number of carbonyl (C=O) groups is 2. The van der Waals surface area contributed by atoms with Crippen LogP contribution in [0.1, 0.15) is 40.0 Å². The molecule has 6 heteroatoms. The first-order valence-corrected chi connectivity index (χ1v) is 6.42. The Bertz CT molecular complexity index is 336. The zero-order valence-electron chi connectivity index (χ0n) is 12.3. The van der Waals surface area contributed by atoms with Gasteiger partial charge in [0, 0.05) is 7.11 Å². The summed E-state index contributed by atoms with van der Waals surface area (Å²) in [6.07, 6.45) is 1.05. The monoisotopic (exact) mass is 273 g/mol. The van der Waals surface area contributed by atoms with Crippen molar-refractivity contribution in [3.8, 4) is 0 Å². The summed E-state index contributed by atoms with van der Waals surface area (Å²) in [6.45, 7) is 5.34. The van der Waals surface area contributed by atoms with Crippen molar-refractivity contribution < 1.29 is 23.8 Å². The molecule has 0 aromatic carbocycles. The second-order valence-electron chi connectivity index (χ2n) is 5.55. The van der Waals surface area contributed by atoms with Crippen LogP contribution in [0.5, 0.6) is 0 Å². The predicted molar refractivity (Wildman–Crippen MR) is 68.5 cm³/mol. The van der Waals surface area contributed by atoms with Crippen LogP contribution in [0.25, 0.3) is 0 Å². The first-order chi connectivity index (χ1) is 8.80. The molecule has 19 heavy (non-hydrogen) atoms. The van der Waals surface area contributed by atoms with E-state index in [0.717, 1.165) is 6.42 Å². The topological polar surface area (TPSA) is 65.1 Å². The maximum absolute atomic E-state index is 12.2. The number of rotatable bonds is 2. The predicted octanol–water partition coefficient (Wildman–Crippen LogP) is 1.92. The fourth-order valence-electron chi connectivity index (χ4n) is 2.12. The molecule has 0 saturated carbocycles. The van der Waals surface area contributed by atoms with Gasteiger partial charge in [-0.1, -0.05) is 0 Å². The molecule has 2 atom stereocenters. The normalized spacial score (nSPS) is 23.9. The molecule has 0 radical (unpaired) electrons. The highest BCUT2D eigenvalue weighted by molar-refractivity contribution is 5.81. The molecule has 0 spiro atoms. The summed E-state index contributed by atoms with van der Waals surface area (Å²) < 4.78 is 15.4. The van der Waals surface area contributed by atoms with E-state index in [1.165, 1.54) is 19.1 Å². The average Bonchev–Trinajstić information content (AvgIpc) is 2.34. The Morgan fingerprint density at radius 2 is 1.79 bits per heavy atom. The Labute approximate surface area is 114 Å². The molecule has 6 nitrogen and oxygen atoms in total. The summed E-state index contributed by atoms with van der Waals surface area (Å²) in [5.74, 6) is -0.437. The van der Waals surface area contributed by atoms with Crippen LogP contribution in [0.3, 0.4) is 0 Å². The van der Waals surface area contributed by atoms with Gasteiger partial charge in [-0.15, -0.1) is 0 Å². The van der Waals surface area contributed by atoms with Gasteiger partial charge in [-0.05, 0) is 40.0 Å². The van der Waals surface area contributed by atoms with Crippen molar-refractivity contribution in [3.63, 3.8) is 0 Å². The second kappa shape index (κ2) is 6.23. The van der Waals surface area contributed by atoms with E-state index in [9.17, 15) is 9.59 Å². The van der Waals surface area contributed by atoms with Gasteiger partial charge < -0.3 is 14.2 Å². The van der Waals surface area contributed by atoms with Crippen LogP contribution in [-0.2, 0) is 19.0 Å². The van der Waals surface area contributed by atoms with Gasteiger partial charge in [-0.25, -0.2) is 9.59 Å². The van der Waals surface area contributed by atoms with Crippen molar-refractivity contribution >= 4 is 12.1 Å². The number of likely N-dealkylation sites (tertiary alicyclic amines) is 1. The van der Waals surface area contributed by atoms with Gasteiger partial charge in [-0.2, -0.15) is 0 Å². The fourth-order valence-corrected chi connectivity index (χ4v) is 2.12. The first-order valence-electron chi connectivity index (χ1n) is 6.42. The van der Waals surface area contributed by atoms with Gasteiger partial charge >= 0.3 is 12.1 Å². The van der Waals surface area contributed by atoms with Crippen molar-refractivity contribution in [1.82, 2.24) is 4.90 Å². The third-order valence-electron chi connectivity index (χ3n) is 2.92. The molecule has 0 N–H and O–H groups in total. The molecule has 1 rings (SSSR count). The number of nitrogens with zero attached hydrogens (tertiary/aromatic N) is 1. The lowest BCUT2D eigenvalue weighted by molar-refractivity contribution is -0.156. The number of hydrogen-bond donors (Lipinski definition) is 0. The number of esters is 1. The number of amides is 1. The minimum atomic E-state index is -0.640. The summed E-state index contributed by atoms with van der Waals surface area (Å²) >= 11 is 0.